The molecule has 0 radical (unpaired) electrons. The van der Waals surface area contributed by atoms with Gasteiger partial charge in [0.2, 0.25) is 0 Å². The molecular weight excluding hydrogens is 380 g/mol. The van der Waals surface area contributed by atoms with Gasteiger partial charge in [-0.1, -0.05) is 31.2 Å². The standard InChI is InChI=1S/C24H34N2O4/c1-4-18(2)26(24(27)23-16-25-10-13-30-23)17-19-14-20-8-5-6-9-21(20)22(15-19)29-12-7-11-28-3/h5-6,8-9,14-15,18,23,25H,4,7,10-13,16-17H2,1-3H3/t18?,23-/m1/s1. The molecule has 3 rings (SSSR count). The summed E-state index contributed by atoms with van der Waals surface area (Å²) in [6.07, 6.45) is 1.30. The Bertz CT molecular complexity index is 820. The van der Waals surface area contributed by atoms with Gasteiger partial charge in [0, 0.05) is 51.2 Å². The van der Waals surface area contributed by atoms with E-state index in [1.54, 1.807) is 7.11 Å². The van der Waals surface area contributed by atoms with Crippen LogP contribution >= 0.6 is 0 Å². The van der Waals surface area contributed by atoms with Crippen molar-refractivity contribution in [1.29, 1.82) is 0 Å². The van der Waals surface area contributed by atoms with E-state index in [1.165, 1.54) is 0 Å². The Hall–Kier alpha value is -2.15. The minimum Gasteiger partial charge on any atom is -0.493 e. The number of fused-ring (bicyclic) bond motifs is 1. The van der Waals surface area contributed by atoms with Crippen LogP contribution in [0.3, 0.4) is 0 Å². The van der Waals surface area contributed by atoms with Gasteiger partial charge in [-0.05, 0) is 36.4 Å². The highest BCUT2D eigenvalue weighted by atomic mass is 16.5. The van der Waals surface area contributed by atoms with Crippen molar-refractivity contribution in [2.45, 2.75) is 45.4 Å². The third kappa shape index (κ3) is 5.72. The summed E-state index contributed by atoms with van der Waals surface area (Å²) in [6.45, 7) is 7.93. The number of hydrogen-bond acceptors (Lipinski definition) is 5. The Labute approximate surface area is 179 Å². The summed E-state index contributed by atoms with van der Waals surface area (Å²) < 4.78 is 16.9. The number of ether oxygens (including phenoxy) is 3. The van der Waals surface area contributed by atoms with Gasteiger partial charge < -0.3 is 24.4 Å². The maximum absolute atomic E-state index is 13.2. The Morgan fingerprint density at radius 1 is 1.30 bits per heavy atom. The molecule has 0 bridgehead atoms. The first-order valence-electron chi connectivity index (χ1n) is 10.9. The van der Waals surface area contributed by atoms with E-state index in [9.17, 15) is 4.79 Å². The Balaban J connectivity index is 1.84. The van der Waals surface area contributed by atoms with Crippen molar-refractivity contribution >= 4 is 16.7 Å². The summed E-state index contributed by atoms with van der Waals surface area (Å²) in [4.78, 5) is 15.2. The van der Waals surface area contributed by atoms with E-state index in [-0.39, 0.29) is 11.9 Å². The van der Waals surface area contributed by atoms with E-state index in [0.29, 0.717) is 32.9 Å². The molecule has 0 aliphatic carbocycles. The zero-order valence-electron chi connectivity index (χ0n) is 18.4. The highest BCUT2D eigenvalue weighted by Crippen LogP contribution is 2.29. The summed E-state index contributed by atoms with van der Waals surface area (Å²) in [5.74, 6) is 0.901. The molecule has 2 aromatic rings. The van der Waals surface area contributed by atoms with E-state index in [1.807, 2.05) is 17.0 Å². The molecule has 0 aromatic heterocycles. The van der Waals surface area contributed by atoms with Crippen molar-refractivity contribution in [1.82, 2.24) is 10.2 Å². The maximum atomic E-state index is 13.2. The number of hydrogen-bond donors (Lipinski definition) is 1. The summed E-state index contributed by atoms with van der Waals surface area (Å²) >= 11 is 0. The van der Waals surface area contributed by atoms with Crippen LogP contribution in [-0.2, 0) is 20.8 Å². The SMILES string of the molecule is CCC(C)N(Cc1cc(OCCCOC)c2ccccc2c1)C(=O)[C@H]1CNCCO1. The van der Waals surface area contributed by atoms with Crippen LogP contribution < -0.4 is 10.1 Å². The van der Waals surface area contributed by atoms with Crippen LogP contribution in [0.4, 0.5) is 0 Å². The third-order valence-electron chi connectivity index (χ3n) is 5.60. The van der Waals surface area contributed by atoms with Crippen molar-refractivity contribution in [3.63, 3.8) is 0 Å². The predicted octanol–water partition coefficient (Wildman–Crippen LogP) is 3.37. The Morgan fingerprint density at radius 2 is 2.13 bits per heavy atom. The third-order valence-corrected chi connectivity index (χ3v) is 5.60. The molecule has 1 amide bonds. The summed E-state index contributed by atoms with van der Waals surface area (Å²) in [7, 11) is 1.70. The fraction of sp³-hybridized carbons (Fsp3) is 0.542. The van der Waals surface area contributed by atoms with Crippen LogP contribution in [-0.4, -0.2) is 63.0 Å². The summed E-state index contributed by atoms with van der Waals surface area (Å²) in [6, 6.07) is 12.6. The van der Waals surface area contributed by atoms with Gasteiger partial charge in [-0.2, -0.15) is 0 Å². The highest BCUT2D eigenvalue weighted by molar-refractivity contribution is 5.89. The molecule has 1 aliphatic heterocycles. The lowest BCUT2D eigenvalue weighted by Gasteiger charge is -2.34. The molecule has 0 spiro atoms. The van der Waals surface area contributed by atoms with Crippen molar-refractivity contribution in [2.75, 3.05) is 40.0 Å². The molecule has 0 saturated carbocycles. The summed E-state index contributed by atoms with van der Waals surface area (Å²) in [5, 5.41) is 5.45. The smallest absolute Gasteiger partial charge is 0.253 e. The van der Waals surface area contributed by atoms with E-state index in [0.717, 1.165) is 41.5 Å². The van der Waals surface area contributed by atoms with Gasteiger partial charge in [0.15, 0.2) is 0 Å². The second-order valence-electron chi connectivity index (χ2n) is 7.80. The van der Waals surface area contributed by atoms with Gasteiger partial charge in [-0.25, -0.2) is 0 Å². The topological polar surface area (TPSA) is 60.0 Å². The monoisotopic (exact) mass is 414 g/mol. The molecule has 1 heterocycles. The van der Waals surface area contributed by atoms with E-state index < -0.39 is 6.10 Å². The molecule has 164 valence electrons. The molecular formula is C24H34N2O4. The fourth-order valence-electron chi connectivity index (χ4n) is 3.71. The van der Waals surface area contributed by atoms with Crippen molar-refractivity contribution in [3.05, 3.63) is 42.0 Å². The largest absolute Gasteiger partial charge is 0.493 e. The quantitative estimate of drug-likeness (QED) is 0.604. The van der Waals surface area contributed by atoms with E-state index >= 15 is 0 Å². The zero-order chi connectivity index (χ0) is 21.3. The van der Waals surface area contributed by atoms with Gasteiger partial charge in [0.05, 0.1) is 13.2 Å². The lowest BCUT2D eigenvalue weighted by Crippen LogP contribution is -2.51. The lowest BCUT2D eigenvalue weighted by molar-refractivity contribution is -0.148. The number of nitrogens with one attached hydrogen (secondary N) is 1. The van der Waals surface area contributed by atoms with Crippen LogP contribution in [0.5, 0.6) is 5.75 Å². The minimum atomic E-state index is -0.419. The number of benzene rings is 2. The molecule has 1 unspecified atom stereocenters. The number of carbonyl (C=O) groups excluding carboxylic acids is 1. The Morgan fingerprint density at radius 3 is 2.87 bits per heavy atom. The number of nitrogens with zero attached hydrogens (tertiary/aromatic N) is 1. The summed E-state index contributed by atoms with van der Waals surface area (Å²) in [5.41, 5.74) is 1.06. The molecule has 6 nitrogen and oxygen atoms in total. The van der Waals surface area contributed by atoms with Gasteiger partial charge in [-0.15, -0.1) is 0 Å². The first kappa shape index (κ1) is 22.5. The number of morpholine rings is 1. The molecule has 1 fully saturated rings. The van der Waals surface area contributed by atoms with Crippen LogP contribution in [0.1, 0.15) is 32.3 Å². The van der Waals surface area contributed by atoms with E-state index in [4.69, 9.17) is 14.2 Å². The lowest BCUT2D eigenvalue weighted by atomic mass is 10.0. The normalized spacial score (nSPS) is 17.6. The first-order chi connectivity index (χ1) is 14.6. The van der Waals surface area contributed by atoms with Crippen LogP contribution in [0, 0.1) is 0 Å². The predicted molar refractivity (Wildman–Crippen MR) is 119 cm³/mol. The molecule has 1 saturated heterocycles. The molecule has 30 heavy (non-hydrogen) atoms. The first-order valence-corrected chi connectivity index (χ1v) is 10.9. The average molecular weight is 415 g/mol. The molecule has 1 aliphatic rings. The second kappa shape index (κ2) is 11.3. The molecule has 2 atom stereocenters. The number of amides is 1. The number of carbonyl (C=O) groups is 1. The van der Waals surface area contributed by atoms with Crippen LogP contribution in [0.25, 0.3) is 10.8 Å². The molecule has 2 aromatic carbocycles. The Kier molecular flexibility index (Phi) is 8.49. The van der Waals surface area contributed by atoms with Gasteiger partial charge in [0.25, 0.3) is 5.91 Å². The van der Waals surface area contributed by atoms with Gasteiger partial charge >= 0.3 is 0 Å². The minimum absolute atomic E-state index is 0.0484. The zero-order valence-corrected chi connectivity index (χ0v) is 18.4. The second-order valence-corrected chi connectivity index (χ2v) is 7.80. The number of methoxy groups -OCH3 is 1. The highest BCUT2D eigenvalue weighted by Gasteiger charge is 2.29. The van der Waals surface area contributed by atoms with Gasteiger partial charge in [-0.3, -0.25) is 4.79 Å². The molecule has 6 heteroatoms. The molecule has 1 N–H and O–H groups in total. The average Bonchev–Trinajstić information content (AvgIpc) is 2.79. The van der Waals surface area contributed by atoms with E-state index in [2.05, 4.69) is 43.4 Å². The van der Waals surface area contributed by atoms with Crippen molar-refractivity contribution in [2.24, 2.45) is 0 Å². The van der Waals surface area contributed by atoms with Crippen molar-refractivity contribution < 1.29 is 19.0 Å². The van der Waals surface area contributed by atoms with Crippen LogP contribution in [0.2, 0.25) is 0 Å². The van der Waals surface area contributed by atoms with Crippen LogP contribution in [0.15, 0.2) is 36.4 Å². The fourth-order valence-corrected chi connectivity index (χ4v) is 3.71. The van der Waals surface area contributed by atoms with Gasteiger partial charge in [0.1, 0.15) is 11.9 Å². The maximum Gasteiger partial charge on any atom is 0.253 e. The number of rotatable bonds is 10. The van der Waals surface area contributed by atoms with Crippen molar-refractivity contribution in [3.8, 4) is 5.75 Å².